The number of furan rings is 1. The number of carbonyl (C=O) groups is 1. The third kappa shape index (κ3) is 3.99. The summed E-state index contributed by atoms with van der Waals surface area (Å²) >= 11 is 0. The van der Waals surface area contributed by atoms with Crippen molar-refractivity contribution in [2.75, 3.05) is 13.2 Å². The molecule has 0 unspecified atom stereocenters. The van der Waals surface area contributed by atoms with Crippen LogP contribution in [0.25, 0.3) is 11.0 Å². The number of nitrogens with zero attached hydrogens (tertiary/aromatic N) is 1. The monoisotopic (exact) mass is 471 g/mol. The molecule has 0 saturated heterocycles. The molecule has 3 heterocycles. The second-order valence-electron chi connectivity index (χ2n) is 8.33. The summed E-state index contributed by atoms with van der Waals surface area (Å²) in [6.45, 7) is 8.40. The molecule has 4 aromatic rings. The van der Waals surface area contributed by atoms with Crippen molar-refractivity contribution in [3.8, 4) is 11.5 Å². The Morgan fingerprint density at radius 3 is 2.69 bits per heavy atom. The minimum Gasteiger partial charge on any atom is -0.490 e. The third-order valence-electron chi connectivity index (χ3n) is 5.97. The van der Waals surface area contributed by atoms with Gasteiger partial charge < -0.3 is 23.2 Å². The molecule has 1 aliphatic heterocycles. The zero-order chi connectivity index (χ0) is 24.5. The average Bonchev–Trinajstić information content (AvgIpc) is 3.46. The van der Waals surface area contributed by atoms with Crippen LogP contribution in [0.1, 0.15) is 46.0 Å². The first-order valence-electron chi connectivity index (χ1n) is 11.4. The summed E-state index contributed by atoms with van der Waals surface area (Å²) in [5.41, 5.74) is 2.10. The van der Waals surface area contributed by atoms with E-state index in [1.165, 1.54) is 0 Å². The van der Waals surface area contributed by atoms with Gasteiger partial charge in [-0.05, 0) is 55.8 Å². The van der Waals surface area contributed by atoms with Crippen LogP contribution in [-0.2, 0) is 6.54 Å². The van der Waals surface area contributed by atoms with E-state index in [0.29, 0.717) is 52.6 Å². The van der Waals surface area contributed by atoms with Crippen LogP contribution < -0.4 is 14.9 Å². The number of rotatable bonds is 8. The molecule has 7 nitrogen and oxygen atoms in total. The summed E-state index contributed by atoms with van der Waals surface area (Å²) in [7, 11) is 0. The van der Waals surface area contributed by atoms with Gasteiger partial charge in [0.25, 0.3) is 5.91 Å². The molecule has 178 valence electrons. The lowest BCUT2D eigenvalue weighted by Crippen LogP contribution is -2.29. The zero-order valence-electron chi connectivity index (χ0n) is 19.6. The van der Waals surface area contributed by atoms with E-state index in [1.807, 2.05) is 32.0 Å². The Morgan fingerprint density at radius 2 is 1.94 bits per heavy atom. The van der Waals surface area contributed by atoms with E-state index in [4.69, 9.17) is 18.3 Å². The van der Waals surface area contributed by atoms with E-state index < -0.39 is 6.04 Å². The molecular weight excluding hydrogens is 446 g/mol. The van der Waals surface area contributed by atoms with Gasteiger partial charge in [0.1, 0.15) is 18.0 Å². The Balaban J connectivity index is 1.70. The summed E-state index contributed by atoms with van der Waals surface area (Å²) in [5.74, 6) is 1.35. The fourth-order valence-electron chi connectivity index (χ4n) is 4.45. The molecule has 0 bridgehead atoms. The van der Waals surface area contributed by atoms with E-state index in [0.717, 1.165) is 5.56 Å². The minimum absolute atomic E-state index is 0.0489. The fourth-order valence-corrected chi connectivity index (χ4v) is 4.45. The summed E-state index contributed by atoms with van der Waals surface area (Å²) in [6.07, 6.45) is 3.20. The molecule has 5 rings (SSSR count). The third-order valence-corrected chi connectivity index (χ3v) is 5.97. The molecule has 0 radical (unpaired) electrons. The van der Waals surface area contributed by atoms with Gasteiger partial charge in [-0.2, -0.15) is 0 Å². The van der Waals surface area contributed by atoms with Crippen molar-refractivity contribution in [2.45, 2.75) is 26.4 Å². The molecule has 1 aliphatic rings. The van der Waals surface area contributed by atoms with Gasteiger partial charge in [0, 0.05) is 0 Å². The molecule has 2 aromatic carbocycles. The van der Waals surface area contributed by atoms with Crippen LogP contribution in [0.5, 0.6) is 11.5 Å². The summed E-state index contributed by atoms with van der Waals surface area (Å²) in [6, 6.07) is 13.7. The molecule has 35 heavy (non-hydrogen) atoms. The Morgan fingerprint density at radius 1 is 1.09 bits per heavy atom. The number of aryl methyl sites for hydroxylation is 1. The van der Waals surface area contributed by atoms with Crippen molar-refractivity contribution >= 4 is 16.9 Å². The Labute approximate surface area is 202 Å². The van der Waals surface area contributed by atoms with Crippen molar-refractivity contribution < 1.29 is 23.1 Å². The molecule has 1 amide bonds. The quantitative estimate of drug-likeness (QED) is 0.320. The highest BCUT2D eigenvalue weighted by atomic mass is 16.5. The van der Waals surface area contributed by atoms with E-state index in [9.17, 15) is 9.59 Å². The van der Waals surface area contributed by atoms with Gasteiger partial charge in [-0.15, -0.1) is 0 Å². The van der Waals surface area contributed by atoms with Crippen LogP contribution in [0.3, 0.4) is 0 Å². The predicted molar refractivity (Wildman–Crippen MR) is 131 cm³/mol. The second-order valence-corrected chi connectivity index (χ2v) is 8.33. The van der Waals surface area contributed by atoms with E-state index in [2.05, 4.69) is 6.58 Å². The minimum atomic E-state index is -0.684. The number of amides is 1. The van der Waals surface area contributed by atoms with Gasteiger partial charge in [0.2, 0.25) is 5.76 Å². The zero-order valence-corrected chi connectivity index (χ0v) is 19.6. The Kier molecular flexibility index (Phi) is 5.91. The van der Waals surface area contributed by atoms with Crippen LogP contribution in [0.15, 0.2) is 81.1 Å². The normalized spacial score (nSPS) is 14.9. The number of hydrogen-bond acceptors (Lipinski definition) is 6. The van der Waals surface area contributed by atoms with E-state index >= 15 is 0 Å². The maximum atomic E-state index is 13.7. The molecular formula is C28H25NO6. The summed E-state index contributed by atoms with van der Waals surface area (Å²) < 4.78 is 23.1. The highest BCUT2D eigenvalue weighted by molar-refractivity contribution is 5.99. The standard InChI is InChI=1S/C28H25NO6/c1-4-12-34-22-11-9-18(15-23(22)32-5-2)25-24-26(30)20-14-17(3)8-10-21(20)35-27(24)28(31)29(25)16-19-7-6-13-33-19/h4,6-11,13-15,25H,1,5,12,16H2,2-3H3/t25-/m1/s1. The van der Waals surface area contributed by atoms with Crippen LogP contribution in [0.4, 0.5) is 0 Å². The van der Waals surface area contributed by atoms with Crippen LogP contribution in [-0.4, -0.2) is 24.0 Å². The summed E-state index contributed by atoms with van der Waals surface area (Å²) in [5, 5.41) is 0.442. The first-order chi connectivity index (χ1) is 17.0. The number of hydrogen-bond donors (Lipinski definition) is 0. The van der Waals surface area contributed by atoms with Crippen LogP contribution >= 0.6 is 0 Å². The molecule has 0 fully saturated rings. The Bertz CT molecular complexity index is 1470. The Hall–Kier alpha value is -4.26. The highest BCUT2D eigenvalue weighted by Crippen LogP contribution is 2.41. The van der Waals surface area contributed by atoms with E-state index in [-0.39, 0.29) is 23.6 Å². The van der Waals surface area contributed by atoms with Gasteiger partial charge in [-0.3, -0.25) is 9.59 Å². The highest BCUT2D eigenvalue weighted by Gasteiger charge is 2.43. The van der Waals surface area contributed by atoms with Crippen molar-refractivity contribution in [1.29, 1.82) is 0 Å². The lowest BCUT2D eigenvalue weighted by molar-refractivity contribution is 0.0701. The van der Waals surface area contributed by atoms with Crippen molar-refractivity contribution in [3.05, 3.63) is 106 Å². The largest absolute Gasteiger partial charge is 0.490 e. The molecule has 0 saturated carbocycles. The fraction of sp³-hybridized carbons (Fsp3) is 0.214. The number of fused-ring (bicyclic) bond motifs is 2. The van der Waals surface area contributed by atoms with Crippen molar-refractivity contribution in [3.63, 3.8) is 0 Å². The van der Waals surface area contributed by atoms with E-state index in [1.54, 1.807) is 47.6 Å². The van der Waals surface area contributed by atoms with Crippen LogP contribution in [0.2, 0.25) is 0 Å². The lowest BCUT2D eigenvalue weighted by Gasteiger charge is -2.25. The van der Waals surface area contributed by atoms with Gasteiger partial charge >= 0.3 is 0 Å². The molecule has 1 atom stereocenters. The maximum absolute atomic E-state index is 13.7. The molecule has 0 aliphatic carbocycles. The van der Waals surface area contributed by atoms with Gasteiger partial charge in [-0.1, -0.05) is 30.4 Å². The van der Waals surface area contributed by atoms with Crippen molar-refractivity contribution in [2.24, 2.45) is 0 Å². The predicted octanol–water partition coefficient (Wildman–Crippen LogP) is 5.40. The lowest BCUT2D eigenvalue weighted by atomic mass is 9.97. The number of carbonyl (C=O) groups excluding carboxylic acids is 1. The maximum Gasteiger partial charge on any atom is 0.291 e. The molecule has 0 spiro atoms. The van der Waals surface area contributed by atoms with Gasteiger partial charge in [0.05, 0.1) is 36.4 Å². The topological polar surface area (TPSA) is 82.1 Å². The first-order valence-corrected chi connectivity index (χ1v) is 11.4. The van der Waals surface area contributed by atoms with Gasteiger partial charge in [0.15, 0.2) is 16.9 Å². The molecule has 7 heteroatoms. The second kappa shape index (κ2) is 9.18. The smallest absolute Gasteiger partial charge is 0.291 e. The molecule has 2 aromatic heterocycles. The number of benzene rings is 2. The van der Waals surface area contributed by atoms with Crippen LogP contribution in [0, 0.1) is 6.92 Å². The first kappa shape index (κ1) is 22.5. The van der Waals surface area contributed by atoms with Crippen molar-refractivity contribution in [1.82, 2.24) is 4.90 Å². The number of ether oxygens (including phenoxy) is 2. The average molecular weight is 472 g/mol. The van der Waals surface area contributed by atoms with Gasteiger partial charge in [-0.25, -0.2) is 0 Å². The SMILES string of the molecule is C=CCOc1ccc([C@@H]2c3c(oc4ccc(C)cc4c3=O)C(=O)N2Cc2ccco2)cc1OCC. The summed E-state index contributed by atoms with van der Waals surface area (Å²) in [4.78, 5) is 28.9. The molecule has 0 N–H and O–H groups in total.